The second kappa shape index (κ2) is 10.2. The highest BCUT2D eigenvalue weighted by molar-refractivity contribution is 14.0. The molecule has 2 N–H and O–H groups in total. The standard InChI is InChI=1S/C14H22ClN3S2.HI/c1-16-14(18-10-3-4-12(9-10)19-2)17-8-7-11-5-6-13(15)20-11;/h5-6,10,12H,3-4,7-9H2,1-2H3,(H2,16,17,18);1H. The number of halogens is 2. The smallest absolute Gasteiger partial charge is 0.191 e. The number of hydrogen-bond acceptors (Lipinski definition) is 3. The molecule has 3 nitrogen and oxygen atoms in total. The Morgan fingerprint density at radius 1 is 1.48 bits per heavy atom. The minimum Gasteiger partial charge on any atom is -0.356 e. The summed E-state index contributed by atoms with van der Waals surface area (Å²) in [7, 11) is 1.83. The molecule has 1 fully saturated rings. The Bertz CT molecular complexity index is 453. The number of nitrogens with zero attached hydrogens (tertiary/aromatic N) is 1. The van der Waals surface area contributed by atoms with Gasteiger partial charge in [-0.25, -0.2) is 0 Å². The van der Waals surface area contributed by atoms with Crippen LogP contribution in [0.25, 0.3) is 0 Å². The minimum absolute atomic E-state index is 0. The summed E-state index contributed by atoms with van der Waals surface area (Å²) >= 11 is 9.55. The van der Waals surface area contributed by atoms with Gasteiger partial charge in [0.15, 0.2) is 5.96 Å². The van der Waals surface area contributed by atoms with E-state index in [1.807, 2.05) is 24.9 Å². The molecule has 0 aromatic carbocycles. The Morgan fingerprint density at radius 2 is 2.29 bits per heavy atom. The first-order valence-electron chi connectivity index (χ1n) is 6.95. The van der Waals surface area contributed by atoms with E-state index >= 15 is 0 Å². The molecule has 21 heavy (non-hydrogen) atoms. The van der Waals surface area contributed by atoms with Crippen molar-refractivity contribution >= 4 is 64.6 Å². The van der Waals surface area contributed by atoms with E-state index in [1.165, 1.54) is 24.1 Å². The third-order valence-electron chi connectivity index (χ3n) is 3.57. The zero-order valence-electron chi connectivity index (χ0n) is 12.4. The predicted molar refractivity (Wildman–Crippen MR) is 108 cm³/mol. The number of rotatable bonds is 5. The Morgan fingerprint density at radius 3 is 2.86 bits per heavy atom. The molecule has 0 saturated heterocycles. The Hall–Kier alpha value is 0.340. The number of nitrogens with one attached hydrogen (secondary N) is 2. The number of hydrogen-bond donors (Lipinski definition) is 2. The molecule has 7 heteroatoms. The van der Waals surface area contributed by atoms with E-state index in [2.05, 4.69) is 27.9 Å². The van der Waals surface area contributed by atoms with Crippen LogP contribution in [0.5, 0.6) is 0 Å². The first-order valence-corrected chi connectivity index (χ1v) is 9.43. The maximum absolute atomic E-state index is 5.93. The van der Waals surface area contributed by atoms with Crippen LogP contribution in [0.4, 0.5) is 0 Å². The Kier molecular flexibility index (Phi) is 9.40. The van der Waals surface area contributed by atoms with Crippen LogP contribution < -0.4 is 10.6 Å². The molecule has 1 aromatic heterocycles. The summed E-state index contributed by atoms with van der Waals surface area (Å²) in [6.45, 7) is 0.884. The van der Waals surface area contributed by atoms with E-state index in [-0.39, 0.29) is 24.0 Å². The first kappa shape index (κ1) is 19.4. The molecule has 1 aliphatic carbocycles. The van der Waals surface area contributed by atoms with E-state index in [4.69, 9.17) is 11.6 Å². The highest BCUT2D eigenvalue weighted by Crippen LogP contribution is 2.28. The van der Waals surface area contributed by atoms with Crippen LogP contribution in [0.3, 0.4) is 0 Å². The molecule has 2 atom stereocenters. The van der Waals surface area contributed by atoms with Gasteiger partial charge in [0.25, 0.3) is 0 Å². The van der Waals surface area contributed by atoms with Gasteiger partial charge in [-0.3, -0.25) is 4.99 Å². The SMILES string of the molecule is CN=C(NCCc1ccc(Cl)s1)NC1CCC(SC)C1.I. The Balaban J connectivity index is 0.00000220. The van der Waals surface area contributed by atoms with Gasteiger partial charge in [0.1, 0.15) is 0 Å². The van der Waals surface area contributed by atoms with E-state index in [9.17, 15) is 0 Å². The molecule has 1 saturated carbocycles. The lowest BCUT2D eigenvalue weighted by Crippen LogP contribution is -2.43. The van der Waals surface area contributed by atoms with Crippen LogP contribution in [0.15, 0.2) is 17.1 Å². The maximum Gasteiger partial charge on any atom is 0.191 e. The fourth-order valence-corrected chi connectivity index (χ4v) is 4.35. The second-order valence-electron chi connectivity index (χ2n) is 4.97. The minimum atomic E-state index is 0. The van der Waals surface area contributed by atoms with Crippen LogP contribution in [0, 0.1) is 0 Å². The van der Waals surface area contributed by atoms with Crippen molar-refractivity contribution in [3.05, 3.63) is 21.3 Å². The van der Waals surface area contributed by atoms with Crippen molar-refractivity contribution < 1.29 is 0 Å². The number of guanidine groups is 1. The number of aliphatic imine (C=N–C) groups is 1. The van der Waals surface area contributed by atoms with Gasteiger partial charge >= 0.3 is 0 Å². The zero-order chi connectivity index (χ0) is 14.4. The quantitative estimate of drug-likeness (QED) is 0.397. The number of thioether (sulfide) groups is 1. The molecule has 1 aliphatic rings. The van der Waals surface area contributed by atoms with Crippen molar-refractivity contribution in [2.75, 3.05) is 19.8 Å². The lowest BCUT2D eigenvalue weighted by molar-refractivity contribution is 0.615. The van der Waals surface area contributed by atoms with Gasteiger partial charge in [-0.2, -0.15) is 11.8 Å². The molecule has 1 aromatic rings. The molecule has 0 aliphatic heterocycles. The molecule has 2 unspecified atom stereocenters. The van der Waals surface area contributed by atoms with Crippen molar-refractivity contribution in [3.63, 3.8) is 0 Å². The lowest BCUT2D eigenvalue weighted by Gasteiger charge is -2.17. The summed E-state index contributed by atoms with van der Waals surface area (Å²) in [4.78, 5) is 5.61. The van der Waals surface area contributed by atoms with Gasteiger partial charge in [0.2, 0.25) is 0 Å². The molecular weight excluding hydrogens is 437 g/mol. The van der Waals surface area contributed by atoms with Crippen molar-refractivity contribution in [3.8, 4) is 0 Å². The molecule has 0 bridgehead atoms. The largest absolute Gasteiger partial charge is 0.356 e. The van der Waals surface area contributed by atoms with Gasteiger partial charge in [-0.15, -0.1) is 35.3 Å². The third kappa shape index (κ3) is 6.54. The van der Waals surface area contributed by atoms with Gasteiger partial charge < -0.3 is 10.6 Å². The van der Waals surface area contributed by atoms with E-state index < -0.39 is 0 Å². The van der Waals surface area contributed by atoms with Crippen molar-refractivity contribution in [2.24, 2.45) is 4.99 Å². The summed E-state index contributed by atoms with van der Waals surface area (Å²) in [5.74, 6) is 0.916. The summed E-state index contributed by atoms with van der Waals surface area (Å²) in [5, 5.41) is 7.71. The van der Waals surface area contributed by atoms with E-state index in [1.54, 1.807) is 11.3 Å². The summed E-state index contributed by atoms with van der Waals surface area (Å²) in [6.07, 6.45) is 6.97. The van der Waals surface area contributed by atoms with Crippen LogP contribution >= 0.6 is 58.7 Å². The average molecular weight is 460 g/mol. The van der Waals surface area contributed by atoms with Gasteiger partial charge in [0.05, 0.1) is 4.34 Å². The highest BCUT2D eigenvalue weighted by Gasteiger charge is 2.24. The topological polar surface area (TPSA) is 36.4 Å². The predicted octanol–water partition coefficient (Wildman–Crippen LogP) is 4.01. The average Bonchev–Trinajstić information content (AvgIpc) is 3.06. The van der Waals surface area contributed by atoms with Crippen LogP contribution in [0.1, 0.15) is 24.1 Å². The fourth-order valence-electron chi connectivity index (χ4n) is 2.46. The summed E-state index contributed by atoms with van der Waals surface area (Å²) in [5.41, 5.74) is 0. The molecule has 0 amide bonds. The van der Waals surface area contributed by atoms with Gasteiger partial charge in [-0.1, -0.05) is 11.6 Å². The highest BCUT2D eigenvalue weighted by atomic mass is 127. The number of thiophene rings is 1. The summed E-state index contributed by atoms with van der Waals surface area (Å²) in [6, 6.07) is 4.61. The molecular formula is C14H23ClIN3S2. The van der Waals surface area contributed by atoms with Crippen LogP contribution in [-0.4, -0.2) is 37.1 Å². The summed E-state index contributed by atoms with van der Waals surface area (Å²) < 4.78 is 0.858. The van der Waals surface area contributed by atoms with Crippen molar-refractivity contribution in [2.45, 2.75) is 37.0 Å². The first-order chi connectivity index (χ1) is 9.71. The van der Waals surface area contributed by atoms with Crippen LogP contribution in [-0.2, 0) is 6.42 Å². The van der Waals surface area contributed by atoms with Crippen LogP contribution in [0.2, 0.25) is 4.34 Å². The Labute approximate surface area is 157 Å². The monoisotopic (exact) mass is 459 g/mol. The van der Waals surface area contributed by atoms with Gasteiger partial charge in [0, 0.05) is 29.8 Å². The normalized spacial score (nSPS) is 22.0. The molecule has 120 valence electrons. The van der Waals surface area contributed by atoms with Gasteiger partial charge in [-0.05, 0) is 44.1 Å². The van der Waals surface area contributed by atoms with E-state index in [0.29, 0.717) is 6.04 Å². The maximum atomic E-state index is 5.93. The molecule has 0 radical (unpaired) electrons. The van der Waals surface area contributed by atoms with Crippen molar-refractivity contribution in [1.82, 2.24) is 10.6 Å². The fraction of sp³-hybridized carbons (Fsp3) is 0.643. The molecule has 0 spiro atoms. The lowest BCUT2D eigenvalue weighted by atomic mass is 10.2. The third-order valence-corrected chi connectivity index (χ3v) is 5.96. The van der Waals surface area contributed by atoms with E-state index in [0.717, 1.165) is 28.5 Å². The van der Waals surface area contributed by atoms with Crippen molar-refractivity contribution in [1.29, 1.82) is 0 Å². The molecule has 1 heterocycles. The molecule has 2 rings (SSSR count). The second-order valence-corrected chi connectivity index (χ2v) is 7.90. The zero-order valence-corrected chi connectivity index (χ0v) is 17.1.